The second-order valence-corrected chi connectivity index (χ2v) is 2.11. The predicted molar refractivity (Wildman–Crippen MR) is 37.2 cm³/mol. The molecular formula is C6H12O6. The molecule has 0 spiro atoms. The SMILES string of the molecule is CC(OCOCO)C(O)C(=O)O. The summed E-state index contributed by atoms with van der Waals surface area (Å²) in [5.74, 6) is -1.36. The molecule has 0 aromatic carbocycles. The molecule has 0 aliphatic heterocycles. The molecule has 0 saturated carbocycles. The molecule has 0 fully saturated rings. The maximum atomic E-state index is 10.2. The van der Waals surface area contributed by atoms with Crippen LogP contribution in [0, 0.1) is 0 Å². The Morgan fingerprint density at radius 1 is 1.58 bits per heavy atom. The fourth-order valence-corrected chi connectivity index (χ4v) is 0.485. The van der Waals surface area contributed by atoms with E-state index < -0.39 is 25.0 Å². The van der Waals surface area contributed by atoms with Gasteiger partial charge in [-0.15, -0.1) is 0 Å². The number of rotatable bonds is 6. The molecule has 2 unspecified atom stereocenters. The maximum Gasteiger partial charge on any atom is 0.335 e. The number of aliphatic carboxylic acids is 1. The zero-order chi connectivity index (χ0) is 9.56. The highest BCUT2D eigenvalue weighted by molar-refractivity contribution is 5.72. The van der Waals surface area contributed by atoms with Gasteiger partial charge >= 0.3 is 5.97 Å². The highest BCUT2D eigenvalue weighted by Crippen LogP contribution is 1.98. The summed E-state index contributed by atoms with van der Waals surface area (Å²) in [6.07, 6.45) is -2.44. The van der Waals surface area contributed by atoms with Crippen molar-refractivity contribution in [1.29, 1.82) is 0 Å². The van der Waals surface area contributed by atoms with Gasteiger partial charge < -0.3 is 24.8 Å². The molecule has 6 heteroatoms. The first-order valence-electron chi connectivity index (χ1n) is 3.30. The number of carbonyl (C=O) groups is 1. The fraction of sp³-hybridized carbons (Fsp3) is 0.833. The number of hydrogen-bond donors (Lipinski definition) is 3. The highest BCUT2D eigenvalue weighted by atomic mass is 16.7. The lowest BCUT2D eigenvalue weighted by Crippen LogP contribution is -2.34. The van der Waals surface area contributed by atoms with Crippen LogP contribution in [-0.4, -0.2) is 47.1 Å². The largest absolute Gasteiger partial charge is 0.479 e. The van der Waals surface area contributed by atoms with Gasteiger partial charge in [-0.2, -0.15) is 0 Å². The van der Waals surface area contributed by atoms with Gasteiger partial charge in [0, 0.05) is 0 Å². The van der Waals surface area contributed by atoms with Crippen molar-refractivity contribution >= 4 is 5.97 Å². The summed E-state index contributed by atoms with van der Waals surface area (Å²) < 4.78 is 9.06. The monoisotopic (exact) mass is 180 g/mol. The second kappa shape index (κ2) is 5.90. The van der Waals surface area contributed by atoms with E-state index in [1.54, 1.807) is 0 Å². The summed E-state index contributed by atoms with van der Waals surface area (Å²) in [5, 5.41) is 25.3. The predicted octanol–water partition coefficient (Wildman–Crippen LogP) is -1.24. The molecule has 0 rings (SSSR count). The lowest BCUT2D eigenvalue weighted by molar-refractivity contribution is -0.170. The number of ether oxygens (including phenoxy) is 2. The van der Waals surface area contributed by atoms with Gasteiger partial charge in [0.15, 0.2) is 6.10 Å². The molecule has 0 aromatic rings. The van der Waals surface area contributed by atoms with Crippen molar-refractivity contribution in [3.8, 4) is 0 Å². The Hall–Kier alpha value is -0.690. The van der Waals surface area contributed by atoms with Crippen molar-refractivity contribution in [2.45, 2.75) is 19.1 Å². The summed E-state index contributed by atoms with van der Waals surface area (Å²) in [6.45, 7) is 0.636. The van der Waals surface area contributed by atoms with E-state index in [1.807, 2.05) is 0 Å². The number of aliphatic hydroxyl groups excluding tert-OH is 2. The first-order chi connectivity index (χ1) is 5.59. The van der Waals surface area contributed by atoms with Gasteiger partial charge in [-0.25, -0.2) is 4.79 Å². The molecule has 0 aliphatic rings. The molecule has 0 bridgehead atoms. The van der Waals surface area contributed by atoms with Crippen LogP contribution in [-0.2, 0) is 14.3 Å². The summed E-state index contributed by atoms with van der Waals surface area (Å²) >= 11 is 0. The molecule has 2 atom stereocenters. The molecule has 0 aromatic heterocycles. The van der Waals surface area contributed by atoms with Crippen molar-refractivity contribution < 1.29 is 29.6 Å². The van der Waals surface area contributed by atoms with Crippen molar-refractivity contribution in [3.05, 3.63) is 0 Å². The normalized spacial score (nSPS) is 15.6. The van der Waals surface area contributed by atoms with Crippen LogP contribution >= 0.6 is 0 Å². The van der Waals surface area contributed by atoms with Crippen molar-refractivity contribution in [2.24, 2.45) is 0 Å². The average Bonchev–Trinajstić information content (AvgIpc) is 2.03. The van der Waals surface area contributed by atoms with E-state index in [2.05, 4.69) is 4.74 Å². The Bertz CT molecular complexity index is 136. The molecule has 0 amide bonds. The van der Waals surface area contributed by atoms with Crippen molar-refractivity contribution in [2.75, 3.05) is 13.6 Å². The zero-order valence-electron chi connectivity index (χ0n) is 6.64. The molecule has 0 radical (unpaired) electrons. The Morgan fingerprint density at radius 2 is 2.17 bits per heavy atom. The van der Waals surface area contributed by atoms with E-state index in [1.165, 1.54) is 6.92 Å². The Balaban J connectivity index is 3.56. The van der Waals surface area contributed by atoms with Crippen LogP contribution in [0.25, 0.3) is 0 Å². The summed E-state index contributed by atoms with van der Waals surface area (Å²) in [6, 6.07) is 0. The summed E-state index contributed by atoms with van der Waals surface area (Å²) in [4.78, 5) is 10.2. The third-order valence-electron chi connectivity index (χ3n) is 1.20. The van der Waals surface area contributed by atoms with Crippen LogP contribution in [0.2, 0.25) is 0 Å². The molecule has 0 heterocycles. The van der Waals surface area contributed by atoms with E-state index in [0.717, 1.165) is 0 Å². The Kier molecular flexibility index (Phi) is 5.56. The van der Waals surface area contributed by atoms with Crippen LogP contribution in [0.4, 0.5) is 0 Å². The van der Waals surface area contributed by atoms with E-state index in [4.69, 9.17) is 20.1 Å². The highest BCUT2D eigenvalue weighted by Gasteiger charge is 2.21. The van der Waals surface area contributed by atoms with Gasteiger partial charge in [0.25, 0.3) is 0 Å². The van der Waals surface area contributed by atoms with Crippen molar-refractivity contribution in [1.82, 2.24) is 0 Å². The molecule has 0 saturated heterocycles. The minimum Gasteiger partial charge on any atom is -0.479 e. The van der Waals surface area contributed by atoms with Gasteiger partial charge in [0.05, 0.1) is 6.10 Å². The topological polar surface area (TPSA) is 96.2 Å². The second-order valence-electron chi connectivity index (χ2n) is 2.11. The van der Waals surface area contributed by atoms with Crippen LogP contribution in [0.15, 0.2) is 0 Å². The zero-order valence-corrected chi connectivity index (χ0v) is 6.64. The van der Waals surface area contributed by atoms with Gasteiger partial charge in [-0.05, 0) is 6.92 Å². The number of carboxylic acid groups (broad SMARTS) is 1. The fourth-order valence-electron chi connectivity index (χ4n) is 0.485. The van der Waals surface area contributed by atoms with Gasteiger partial charge in [0.1, 0.15) is 13.6 Å². The van der Waals surface area contributed by atoms with E-state index in [0.29, 0.717) is 0 Å². The molecule has 12 heavy (non-hydrogen) atoms. The van der Waals surface area contributed by atoms with Gasteiger partial charge in [0.2, 0.25) is 0 Å². The first-order valence-corrected chi connectivity index (χ1v) is 3.30. The third-order valence-corrected chi connectivity index (χ3v) is 1.20. The van der Waals surface area contributed by atoms with E-state index in [9.17, 15) is 4.79 Å². The number of aliphatic hydroxyl groups is 2. The smallest absolute Gasteiger partial charge is 0.335 e. The van der Waals surface area contributed by atoms with E-state index in [-0.39, 0.29) is 6.79 Å². The van der Waals surface area contributed by atoms with Crippen LogP contribution < -0.4 is 0 Å². The molecular weight excluding hydrogens is 168 g/mol. The Morgan fingerprint density at radius 3 is 2.58 bits per heavy atom. The lowest BCUT2D eigenvalue weighted by atomic mass is 10.2. The standard InChI is InChI=1S/C6H12O6/c1-4(5(8)6(9)10)12-3-11-2-7/h4-5,7-8H,2-3H2,1H3,(H,9,10). The summed E-state index contributed by atoms with van der Waals surface area (Å²) in [5.41, 5.74) is 0. The minimum atomic E-state index is -1.58. The number of hydrogen-bond acceptors (Lipinski definition) is 5. The van der Waals surface area contributed by atoms with Gasteiger partial charge in [-0.1, -0.05) is 0 Å². The third kappa shape index (κ3) is 4.24. The van der Waals surface area contributed by atoms with Crippen LogP contribution in [0.3, 0.4) is 0 Å². The van der Waals surface area contributed by atoms with E-state index >= 15 is 0 Å². The van der Waals surface area contributed by atoms with Crippen LogP contribution in [0.1, 0.15) is 6.92 Å². The number of carboxylic acids is 1. The maximum absolute atomic E-state index is 10.2. The van der Waals surface area contributed by atoms with Crippen LogP contribution in [0.5, 0.6) is 0 Å². The minimum absolute atomic E-state index is 0.248. The van der Waals surface area contributed by atoms with Gasteiger partial charge in [-0.3, -0.25) is 0 Å². The van der Waals surface area contributed by atoms with Crippen molar-refractivity contribution in [3.63, 3.8) is 0 Å². The molecule has 0 aliphatic carbocycles. The Labute approximate surface area is 69.3 Å². The first kappa shape index (κ1) is 11.3. The molecule has 6 nitrogen and oxygen atoms in total. The molecule has 72 valence electrons. The quantitative estimate of drug-likeness (QED) is 0.349. The average molecular weight is 180 g/mol. The summed E-state index contributed by atoms with van der Waals surface area (Å²) in [7, 11) is 0. The lowest BCUT2D eigenvalue weighted by Gasteiger charge is -2.14. The molecule has 3 N–H and O–H groups in total.